The van der Waals surface area contributed by atoms with Gasteiger partial charge in [0.1, 0.15) is 0 Å². The molecule has 1 aliphatic rings. The minimum atomic E-state index is -4.05. The van der Waals surface area contributed by atoms with Crippen LogP contribution in [0.1, 0.15) is 11.1 Å². The van der Waals surface area contributed by atoms with Gasteiger partial charge in [-0.15, -0.1) is 0 Å². The first kappa shape index (κ1) is 12.8. The second-order valence-corrected chi connectivity index (χ2v) is 6.76. The Bertz CT molecular complexity index is 617. The van der Waals surface area contributed by atoms with E-state index in [1.165, 1.54) is 16.7 Å². The number of hydrogen-bond acceptors (Lipinski definition) is 0. The first-order chi connectivity index (χ1) is 9.03. The Balaban J connectivity index is 1.85. The van der Waals surface area contributed by atoms with Crippen LogP contribution in [-0.2, 0) is 6.42 Å². The van der Waals surface area contributed by atoms with Gasteiger partial charge in [0.25, 0.3) is 0 Å². The number of benzene rings is 2. The Labute approximate surface area is 115 Å². The third kappa shape index (κ3) is 2.70. The summed E-state index contributed by atoms with van der Waals surface area (Å²) in [6.07, 6.45) is -3.22. The standard InChI is InChI=1S/C15H11F3Se/c16-15(17,18)9-19-12-5-6-14-11(8-12)7-10-3-1-2-4-13(10)14/h1-6,8H,7,9H2. The van der Waals surface area contributed by atoms with Crippen LogP contribution >= 0.6 is 0 Å². The fourth-order valence-electron chi connectivity index (χ4n) is 2.38. The van der Waals surface area contributed by atoms with Gasteiger partial charge in [-0.2, -0.15) is 0 Å². The van der Waals surface area contributed by atoms with Crippen molar-refractivity contribution in [1.82, 2.24) is 0 Å². The molecule has 2 aromatic rings. The first-order valence-electron chi connectivity index (χ1n) is 5.94. The summed E-state index contributed by atoms with van der Waals surface area (Å²) in [7, 11) is 0. The summed E-state index contributed by atoms with van der Waals surface area (Å²) in [5.74, 6) is 0. The molecule has 0 nitrogen and oxygen atoms in total. The molecule has 2 aromatic carbocycles. The quantitative estimate of drug-likeness (QED) is 0.631. The molecule has 0 saturated heterocycles. The van der Waals surface area contributed by atoms with Crippen molar-refractivity contribution in [3.05, 3.63) is 53.6 Å². The second-order valence-electron chi connectivity index (χ2n) is 4.56. The Morgan fingerprint density at radius 2 is 1.68 bits per heavy atom. The fourth-order valence-corrected chi connectivity index (χ4v) is 3.89. The van der Waals surface area contributed by atoms with Gasteiger partial charge in [0.05, 0.1) is 0 Å². The molecule has 0 spiro atoms. The van der Waals surface area contributed by atoms with Gasteiger partial charge in [-0.25, -0.2) is 0 Å². The normalized spacial score (nSPS) is 13.2. The summed E-state index contributed by atoms with van der Waals surface area (Å²) in [6.45, 7) is 0. The maximum absolute atomic E-state index is 12.2. The Kier molecular flexibility index (Phi) is 3.15. The second kappa shape index (κ2) is 4.69. The maximum atomic E-state index is 12.2. The van der Waals surface area contributed by atoms with Crippen molar-refractivity contribution in [2.24, 2.45) is 0 Å². The van der Waals surface area contributed by atoms with Crippen molar-refractivity contribution in [3.8, 4) is 11.1 Å². The monoisotopic (exact) mass is 328 g/mol. The van der Waals surface area contributed by atoms with E-state index in [0.29, 0.717) is 0 Å². The zero-order chi connectivity index (χ0) is 13.5. The van der Waals surface area contributed by atoms with Gasteiger partial charge in [0, 0.05) is 0 Å². The minimum absolute atomic E-state index is 0.526. The molecule has 19 heavy (non-hydrogen) atoms. The summed E-state index contributed by atoms with van der Waals surface area (Å²) >= 11 is -0.526. The molecule has 0 aliphatic heterocycles. The summed E-state index contributed by atoms with van der Waals surface area (Å²) in [4.78, 5) is 0. The van der Waals surface area contributed by atoms with Crippen molar-refractivity contribution in [2.45, 2.75) is 17.9 Å². The molecule has 0 radical (unpaired) electrons. The summed E-state index contributed by atoms with van der Waals surface area (Å²) in [6, 6.07) is 13.9. The van der Waals surface area contributed by atoms with E-state index in [9.17, 15) is 13.2 Å². The molecule has 0 bridgehead atoms. The molecule has 0 unspecified atom stereocenters. The van der Waals surface area contributed by atoms with Gasteiger partial charge < -0.3 is 0 Å². The van der Waals surface area contributed by atoms with Crippen LogP contribution in [0.2, 0.25) is 5.32 Å². The van der Waals surface area contributed by atoms with Crippen LogP contribution < -0.4 is 4.46 Å². The van der Waals surface area contributed by atoms with Gasteiger partial charge >= 0.3 is 115 Å². The van der Waals surface area contributed by atoms with Crippen molar-refractivity contribution in [2.75, 3.05) is 0 Å². The van der Waals surface area contributed by atoms with E-state index in [4.69, 9.17) is 0 Å². The van der Waals surface area contributed by atoms with Gasteiger partial charge in [-0.1, -0.05) is 0 Å². The van der Waals surface area contributed by atoms with Crippen LogP contribution in [0.15, 0.2) is 42.5 Å². The van der Waals surface area contributed by atoms with E-state index in [1.54, 1.807) is 0 Å². The number of hydrogen-bond donors (Lipinski definition) is 0. The fraction of sp³-hybridized carbons (Fsp3) is 0.200. The number of halogens is 3. The van der Waals surface area contributed by atoms with Crippen molar-refractivity contribution in [1.29, 1.82) is 0 Å². The molecule has 1 aliphatic carbocycles. The van der Waals surface area contributed by atoms with Gasteiger partial charge in [0.15, 0.2) is 0 Å². The predicted molar refractivity (Wildman–Crippen MR) is 70.9 cm³/mol. The number of fused-ring (bicyclic) bond motifs is 3. The van der Waals surface area contributed by atoms with E-state index in [1.807, 2.05) is 30.3 Å². The summed E-state index contributed by atoms with van der Waals surface area (Å²) in [5.41, 5.74) is 4.80. The van der Waals surface area contributed by atoms with Crippen molar-refractivity contribution >= 4 is 19.4 Å². The Hall–Kier alpha value is -1.25. The van der Waals surface area contributed by atoms with Crippen LogP contribution in [0.4, 0.5) is 13.2 Å². The number of alkyl halides is 3. The molecule has 0 atom stereocenters. The molecule has 0 N–H and O–H groups in total. The zero-order valence-corrected chi connectivity index (χ0v) is 11.7. The molecular weight excluding hydrogens is 316 g/mol. The average molecular weight is 327 g/mol. The summed E-state index contributed by atoms with van der Waals surface area (Å²) < 4.78 is 37.6. The third-order valence-electron chi connectivity index (χ3n) is 3.17. The molecule has 0 fully saturated rings. The van der Waals surface area contributed by atoms with E-state index >= 15 is 0 Å². The van der Waals surface area contributed by atoms with Crippen LogP contribution in [-0.4, -0.2) is 21.1 Å². The van der Waals surface area contributed by atoms with Gasteiger partial charge in [-0.05, 0) is 0 Å². The topological polar surface area (TPSA) is 0 Å². The van der Waals surface area contributed by atoms with E-state index in [-0.39, 0.29) is 0 Å². The molecule has 0 saturated carbocycles. The molecule has 4 heteroatoms. The predicted octanol–water partition coefficient (Wildman–Crippen LogP) is 3.57. The zero-order valence-electron chi connectivity index (χ0n) is 10.00. The van der Waals surface area contributed by atoms with E-state index in [0.717, 1.165) is 16.4 Å². The van der Waals surface area contributed by atoms with Gasteiger partial charge in [-0.3, -0.25) is 0 Å². The molecule has 98 valence electrons. The first-order valence-corrected chi connectivity index (χ1v) is 8.00. The molecule has 0 heterocycles. The Morgan fingerprint density at radius 1 is 0.947 bits per heavy atom. The average Bonchev–Trinajstić information content (AvgIpc) is 2.73. The third-order valence-corrected chi connectivity index (χ3v) is 5.39. The van der Waals surface area contributed by atoms with Crippen LogP contribution in [0.25, 0.3) is 11.1 Å². The Morgan fingerprint density at radius 3 is 2.47 bits per heavy atom. The summed E-state index contributed by atoms with van der Waals surface area (Å²) in [5, 5.41) is -0.689. The van der Waals surface area contributed by atoms with Crippen LogP contribution in [0.3, 0.4) is 0 Å². The molecule has 3 rings (SSSR count). The van der Waals surface area contributed by atoms with E-state index < -0.39 is 26.5 Å². The van der Waals surface area contributed by atoms with Crippen LogP contribution in [0, 0.1) is 0 Å². The molecular formula is C15H11F3Se. The SMILES string of the molecule is FC(F)(F)C[Se]c1ccc2c(c1)Cc1ccccc1-2. The number of rotatable bonds is 2. The van der Waals surface area contributed by atoms with Gasteiger partial charge in [0.2, 0.25) is 0 Å². The molecule has 0 aromatic heterocycles. The van der Waals surface area contributed by atoms with E-state index in [2.05, 4.69) is 12.1 Å². The van der Waals surface area contributed by atoms with Crippen molar-refractivity contribution < 1.29 is 13.2 Å². The van der Waals surface area contributed by atoms with Crippen LogP contribution in [0.5, 0.6) is 0 Å². The van der Waals surface area contributed by atoms with Crippen molar-refractivity contribution in [3.63, 3.8) is 0 Å². The molecule has 0 amide bonds.